The fraction of sp³-hybridized carbons (Fsp3) is 0.250. The monoisotopic (exact) mass is 304 g/mol. The molecule has 1 heterocycles. The topological polar surface area (TPSA) is 51.2 Å². The second kappa shape index (κ2) is 7.09. The summed E-state index contributed by atoms with van der Waals surface area (Å²) in [7, 11) is 1.63. The quantitative estimate of drug-likeness (QED) is 0.924. The molecule has 0 spiro atoms. The van der Waals surface area contributed by atoms with Gasteiger partial charge in [0.15, 0.2) is 0 Å². The van der Waals surface area contributed by atoms with Crippen LogP contribution in [0.3, 0.4) is 0 Å². The first-order chi connectivity index (χ1) is 10.1. The van der Waals surface area contributed by atoms with Gasteiger partial charge in [0.25, 0.3) is 5.91 Å². The van der Waals surface area contributed by atoms with Crippen LogP contribution in [0.15, 0.2) is 36.5 Å². The zero-order chi connectivity index (χ0) is 15.2. The van der Waals surface area contributed by atoms with Crippen molar-refractivity contribution in [2.75, 3.05) is 13.7 Å². The van der Waals surface area contributed by atoms with E-state index in [2.05, 4.69) is 10.3 Å². The number of methoxy groups -OCH3 is 1. The molecule has 2 rings (SSSR count). The number of halogens is 1. The smallest absolute Gasteiger partial charge is 0.269 e. The molecule has 110 valence electrons. The number of nitrogens with zero attached hydrogens (tertiary/aromatic N) is 1. The Morgan fingerprint density at radius 1 is 1.38 bits per heavy atom. The summed E-state index contributed by atoms with van der Waals surface area (Å²) in [5.41, 5.74) is 2.37. The molecule has 0 unspecified atom stereocenters. The van der Waals surface area contributed by atoms with Crippen LogP contribution in [0.2, 0.25) is 5.02 Å². The van der Waals surface area contributed by atoms with Crippen LogP contribution in [0.1, 0.15) is 21.6 Å². The molecular formula is C16H17ClN2O2. The first kappa shape index (κ1) is 15.3. The zero-order valence-corrected chi connectivity index (χ0v) is 12.8. The van der Waals surface area contributed by atoms with E-state index in [0.717, 1.165) is 16.9 Å². The van der Waals surface area contributed by atoms with E-state index >= 15 is 0 Å². The first-order valence-corrected chi connectivity index (χ1v) is 7.02. The molecule has 0 aliphatic rings. The van der Waals surface area contributed by atoms with Gasteiger partial charge in [-0.2, -0.15) is 0 Å². The number of benzene rings is 1. The summed E-state index contributed by atoms with van der Waals surface area (Å²) in [5.74, 6) is 0.625. The lowest BCUT2D eigenvalue weighted by molar-refractivity contribution is 0.0949. The normalized spacial score (nSPS) is 10.2. The summed E-state index contributed by atoms with van der Waals surface area (Å²) in [5, 5.41) is 3.50. The number of carbonyl (C=O) groups excluding carboxylic acids is 1. The molecule has 0 fully saturated rings. The van der Waals surface area contributed by atoms with Crippen molar-refractivity contribution in [1.29, 1.82) is 0 Å². The van der Waals surface area contributed by atoms with Crippen molar-refractivity contribution in [2.24, 2.45) is 0 Å². The van der Waals surface area contributed by atoms with Crippen LogP contribution in [-0.2, 0) is 6.42 Å². The van der Waals surface area contributed by atoms with Gasteiger partial charge in [-0.05, 0) is 48.7 Å². The highest BCUT2D eigenvalue weighted by molar-refractivity contribution is 6.30. The van der Waals surface area contributed by atoms with Crippen LogP contribution in [0.4, 0.5) is 0 Å². The summed E-state index contributed by atoms with van der Waals surface area (Å²) in [6, 6.07) is 8.96. The summed E-state index contributed by atoms with van der Waals surface area (Å²) in [4.78, 5) is 15.9. The van der Waals surface area contributed by atoms with E-state index in [0.29, 0.717) is 23.7 Å². The molecule has 0 aliphatic carbocycles. The highest BCUT2D eigenvalue weighted by Gasteiger charge is 2.10. The van der Waals surface area contributed by atoms with Gasteiger partial charge in [-0.25, -0.2) is 0 Å². The number of pyridine rings is 1. The van der Waals surface area contributed by atoms with E-state index < -0.39 is 0 Å². The molecule has 0 bridgehead atoms. The zero-order valence-electron chi connectivity index (χ0n) is 12.0. The minimum absolute atomic E-state index is 0.187. The number of hydrogen-bond donors (Lipinski definition) is 1. The Morgan fingerprint density at radius 2 is 2.19 bits per heavy atom. The Labute approximate surface area is 129 Å². The molecule has 1 amide bonds. The van der Waals surface area contributed by atoms with Crippen molar-refractivity contribution < 1.29 is 9.53 Å². The minimum Gasteiger partial charge on any atom is -0.496 e. The largest absolute Gasteiger partial charge is 0.496 e. The third-order valence-electron chi connectivity index (χ3n) is 3.10. The van der Waals surface area contributed by atoms with E-state index in [1.165, 1.54) is 0 Å². The maximum absolute atomic E-state index is 11.9. The van der Waals surface area contributed by atoms with Gasteiger partial charge in [-0.1, -0.05) is 17.7 Å². The molecule has 0 saturated carbocycles. The van der Waals surface area contributed by atoms with Crippen LogP contribution >= 0.6 is 11.6 Å². The van der Waals surface area contributed by atoms with Crippen LogP contribution < -0.4 is 10.1 Å². The first-order valence-electron chi connectivity index (χ1n) is 6.64. The van der Waals surface area contributed by atoms with Gasteiger partial charge in [0.2, 0.25) is 0 Å². The SMILES string of the molecule is COc1c(C)cc(Cl)cc1CCNC(=O)c1ccccn1. The van der Waals surface area contributed by atoms with Gasteiger partial charge >= 0.3 is 0 Å². The average Bonchev–Trinajstić information content (AvgIpc) is 2.47. The van der Waals surface area contributed by atoms with Crippen LogP contribution in [0.5, 0.6) is 5.75 Å². The van der Waals surface area contributed by atoms with E-state index in [4.69, 9.17) is 16.3 Å². The number of hydrogen-bond acceptors (Lipinski definition) is 3. The third kappa shape index (κ3) is 3.95. The highest BCUT2D eigenvalue weighted by atomic mass is 35.5. The fourth-order valence-electron chi connectivity index (χ4n) is 2.18. The Balaban J connectivity index is 1.99. The lowest BCUT2D eigenvalue weighted by Crippen LogP contribution is -2.26. The second-order valence-corrected chi connectivity index (χ2v) is 5.07. The predicted molar refractivity (Wildman–Crippen MR) is 83.0 cm³/mol. The Bertz CT molecular complexity index is 630. The van der Waals surface area contributed by atoms with Crippen LogP contribution in [-0.4, -0.2) is 24.5 Å². The summed E-state index contributed by atoms with van der Waals surface area (Å²) >= 11 is 6.06. The van der Waals surface area contributed by atoms with Crippen LogP contribution in [0, 0.1) is 6.92 Å². The van der Waals surface area contributed by atoms with Crippen molar-refractivity contribution in [1.82, 2.24) is 10.3 Å². The number of rotatable bonds is 5. The molecule has 0 aliphatic heterocycles. The molecule has 21 heavy (non-hydrogen) atoms. The van der Waals surface area contributed by atoms with E-state index in [9.17, 15) is 4.79 Å². The molecule has 1 aromatic heterocycles. The standard InChI is InChI=1S/C16H17ClN2O2/c1-11-9-13(17)10-12(15(11)21-2)6-8-19-16(20)14-5-3-4-7-18-14/h3-5,7,9-10H,6,8H2,1-2H3,(H,19,20). The van der Waals surface area contributed by atoms with Crippen molar-refractivity contribution in [2.45, 2.75) is 13.3 Å². The maximum Gasteiger partial charge on any atom is 0.269 e. The van der Waals surface area contributed by atoms with Gasteiger partial charge < -0.3 is 10.1 Å². The number of aryl methyl sites for hydroxylation is 1. The lowest BCUT2D eigenvalue weighted by Gasteiger charge is -2.12. The Kier molecular flexibility index (Phi) is 5.17. The minimum atomic E-state index is -0.187. The van der Waals surface area contributed by atoms with Gasteiger partial charge in [-0.15, -0.1) is 0 Å². The van der Waals surface area contributed by atoms with Crippen molar-refractivity contribution in [3.8, 4) is 5.75 Å². The summed E-state index contributed by atoms with van der Waals surface area (Å²) < 4.78 is 5.39. The molecular weight excluding hydrogens is 288 g/mol. The summed E-state index contributed by atoms with van der Waals surface area (Å²) in [6.45, 7) is 2.44. The summed E-state index contributed by atoms with van der Waals surface area (Å²) in [6.07, 6.45) is 2.24. The second-order valence-electron chi connectivity index (χ2n) is 4.64. The number of aromatic nitrogens is 1. The van der Waals surface area contributed by atoms with Gasteiger partial charge in [0.05, 0.1) is 7.11 Å². The Morgan fingerprint density at radius 3 is 2.86 bits per heavy atom. The van der Waals surface area contributed by atoms with Crippen molar-refractivity contribution in [3.05, 3.63) is 58.4 Å². The number of amides is 1. The maximum atomic E-state index is 11.9. The average molecular weight is 305 g/mol. The lowest BCUT2D eigenvalue weighted by atomic mass is 10.1. The molecule has 4 nitrogen and oxygen atoms in total. The molecule has 0 atom stereocenters. The molecule has 1 aromatic carbocycles. The Hall–Kier alpha value is -2.07. The molecule has 1 N–H and O–H groups in total. The third-order valence-corrected chi connectivity index (χ3v) is 3.32. The van der Waals surface area contributed by atoms with E-state index in [1.54, 1.807) is 31.5 Å². The molecule has 5 heteroatoms. The number of carbonyl (C=O) groups is 1. The number of nitrogens with one attached hydrogen (secondary N) is 1. The van der Waals surface area contributed by atoms with Gasteiger partial charge in [0, 0.05) is 17.8 Å². The molecule has 0 radical (unpaired) electrons. The molecule has 2 aromatic rings. The van der Waals surface area contributed by atoms with Crippen molar-refractivity contribution >= 4 is 17.5 Å². The fourth-order valence-corrected chi connectivity index (χ4v) is 2.47. The van der Waals surface area contributed by atoms with E-state index in [-0.39, 0.29) is 5.91 Å². The molecule has 0 saturated heterocycles. The van der Waals surface area contributed by atoms with Gasteiger partial charge in [-0.3, -0.25) is 9.78 Å². The van der Waals surface area contributed by atoms with E-state index in [1.807, 2.05) is 19.1 Å². The number of ether oxygens (including phenoxy) is 1. The van der Waals surface area contributed by atoms with Crippen LogP contribution in [0.25, 0.3) is 0 Å². The van der Waals surface area contributed by atoms with Gasteiger partial charge in [0.1, 0.15) is 11.4 Å². The highest BCUT2D eigenvalue weighted by Crippen LogP contribution is 2.27. The van der Waals surface area contributed by atoms with Crippen molar-refractivity contribution in [3.63, 3.8) is 0 Å². The predicted octanol–water partition coefficient (Wildman–Crippen LogP) is 3.02.